The second-order valence-corrected chi connectivity index (χ2v) is 6.49. The molecule has 0 aromatic heterocycles. The average molecular weight is 289 g/mol. The topological polar surface area (TPSA) is 58.4 Å². The molecule has 3 N–H and O–H groups in total. The number of aryl methyl sites for hydroxylation is 3. The predicted molar refractivity (Wildman–Crippen MR) is 87.5 cm³/mol. The lowest BCUT2D eigenvalue weighted by Gasteiger charge is -2.34. The van der Waals surface area contributed by atoms with E-state index in [4.69, 9.17) is 5.73 Å². The Balaban J connectivity index is 1.96. The molecule has 1 aromatic carbocycles. The molecule has 2 rings (SSSR count). The summed E-state index contributed by atoms with van der Waals surface area (Å²) in [6.45, 7) is 10.5. The molecular weight excluding hydrogens is 262 g/mol. The highest BCUT2D eigenvalue weighted by molar-refractivity contribution is 5.93. The average Bonchev–Trinajstić information content (AvgIpc) is 2.38. The molecule has 4 nitrogen and oxygen atoms in total. The minimum atomic E-state index is 0.0480. The molecular formula is C17H27N3O. The highest BCUT2D eigenvalue weighted by Crippen LogP contribution is 2.22. The van der Waals surface area contributed by atoms with Crippen LogP contribution in [0.4, 0.5) is 5.69 Å². The number of hydrogen-bond acceptors (Lipinski definition) is 3. The maximum atomic E-state index is 12.3. The van der Waals surface area contributed by atoms with Gasteiger partial charge in [-0.1, -0.05) is 24.6 Å². The molecule has 1 saturated heterocycles. The van der Waals surface area contributed by atoms with Crippen LogP contribution in [0.25, 0.3) is 0 Å². The molecule has 2 atom stereocenters. The summed E-state index contributed by atoms with van der Waals surface area (Å²) in [5, 5.41) is 3.06. The van der Waals surface area contributed by atoms with Gasteiger partial charge >= 0.3 is 0 Å². The van der Waals surface area contributed by atoms with Crippen LogP contribution in [-0.2, 0) is 4.79 Å². The number of amides is 1. The van der Waals surface area contributed by atoms with Crippen molar-refractivity contribution < 1.29 is 4.79 Å². The third kappa shape index (κ3) is 4.05. The number of carbonyl (C=O) groups excluding carboxylic acids is 1. The molecule has 0 saturated carbocycles. The maximum absolute atomic E-state index is 12.3. The van der Waals surface area contributed by atoms with Gasteiger partial charge in [0.15, 0.2) is 0 Å². The van der Waals surface area contributed by atoms with E-state index in [0.29, 0.717) is 12.5 Å². The van der Waals surface area contributed by atoms with Crippen molar-refractivity contribution in [2.24, 2.45) is 11.7 Å². The van der Waals surface area contributed by atoms with E-state index in [9.17, 15) is 4.79 Å². The van der Waals surface area contributed by atoms with Crippen molar-refractivity contribution in [2.75, 3.05) is 25.0 Å². The molecule has 1 aromatic rings. The van der Waals surface area contributed by atoms with Crippen molar-refractivity contribution in [2.45, 2.75) is 40.2 Å². The normalized spacial score (nSPS) is 23.1. The Kier molecular flexibility index (Phi) is 5.01. The Morgan fingerprint density at radius 3 is 2.52 bits per heavy atom. The van der Waals surface area contributed by atoms with Gasteiger partial charge in [0.2, 0.25) is 5.91 Å². The summed E-state index contributed by atoms with van der Waals surface area (Å²) in [7, 11) is 0. The van der Waals surface area contributed by atoms with E-state index in [0.717, 1.165) is 36.3 Å². The number of anilines is 1. The van der Waals surface area contributed by atoms with Gasteiger partial charge in [-0.05, 0) is 50.8 Å². The standard InChI is InChI=1S/C17H27N3O/c1-11-7-13(3)17(14(4)8-11)19-16(21)10-20-6-5-12(2)15(18)9-20/h7-8,12,15H,5-6,9-10,18H2,1-4H3,(H,19,21). The molecule has 21 heavy (non-hydrogen) atoms. The number of rotatable bonds is 3. The highest BCUT2D eigenvalue weighted by atomic mass is 16.2. The van der Waals surface area contributed by atoms with Crippen LogP contribution in [0.2, 0.25) is 0 Å². The third-order valence-electron chi connectivity index (χ3n) is 4.41. The van der Waals surface area contributed by atoms with Crippen LogP contribution in [-0.4, -0.2) is 36.5 Å². The quantitative estimate of drug-likeness (QED) is 0.897. The smallest absolute Gasteiger partial charge is 0.238 e. The fourth-order valence-corrected chi connectivity index (χ4v) is 3.07. The lowest BCUT2D eigenvalue weighted by molar-refractivity contribution is -0.117. The molecule has 1 aliphatic rings. The Hall–Kier alpha value is -1.39. The van der Waals surface area contributed by atoms with Crippen LogP contribution < -0.4 is 11.1 Å². The fourth-order valence-electron chi connectivity index (χ4n) is 3.07. The largest absolute Gasteiger partial charge is 0.326 e. The first-order valence-corrected chi connectivity index (χ1v) is 7.72. The zero-order chi connectivity index (χ0) is 15.6. The monoisotopic (exact) mass is 289 g/mol. The lowest BCUT2D eigenvalue weighted by Crippen LogP contribution is -2.49. The SMILES string of the molecule is Cc1cc(C)c(NC(=O)CN2CCC(C)C(N)C2)c(C)c1. The summed E-state index contributed by atoms with van der Waals surface area (Å²) in [5.74, 6) is 0.595. The van der Waals surface area contributed by atoms with E-state index in [1.807, 2.05) is 13.8 Å². The first-order chi connectivity index (χ1) is 9.86. The van der Waals surface area contributed by atoms with Gasteiger partial charge in [0, 0.05) is 18.3 Å². The molecule has 0 aliphatic carbocycles. The maximum Gasteiger partial charge on any atom is 0.238 e. The predicted octanol–water partition coefficient (Wildman–Crippen LogP) is 2.22. The summed E-state index contributed by atoms with van der Waals surface area (Å²) < 4.78 is 0. The van der Waals surface area contributed by atoms with Gasteiger partial charge in [-0.2, -0.15) is 0 Å². The second kappa shape index (κ2) is 6.58. The third-order valence-corrected chi connectivity index (χ3v) is 4.41. The van der Waals surface area contributed by atoms with Crippen molar-refractivity contribution in [1.29, 1.82) is 0 Å². The van der Waals surface area contributed by atoms with Gasteiger partial charge in [-0.15, -0.1) is 0 Å². The molecule has 4 heteroatoms. The zero-order valence-corrected chi connectivity index (χ0v) is 13.6. The number of nitrogens with zero attached hydrogens (tertiary/aromatic N) is 1. The van der Waals surface area contributed by atoms with E-state index in [2.05, 4.69) is 36.2 Å². The van der Waals surface area contributed by atoms with Gasteiger partial charge in [0.05, 0.1) is 6.54 Å². The van der Waals surface area contributed by atoms with E-state index in [-0.39, 0.29) is 11.9 Å². The minimum absolute atomic E-state index is 0.0480. The van der Waals surface area contributed by atoms with E-state index < -0.39 is 0 Å². The van der Waals surface area contributed by atoms with Crippen molar-refractivity contribution in [1.82, 2.24) is 4.90 Å². The Morgan fingerprint density at radius 1 is 1.33 bits per heavy atom. The number of likely N-dealkylation sites (tertiary alicyclic amines) is 1. The molecule has 1 amide bonds. The lowest BCUT2D eigenvalue weighted by atomic mass is 9.94. The number of nitrogens with one attached hydrogen (secondary N) is 1. The molecule has 0 spiro atoms. The molecule has 0 radical (unpaired) electrons. The summed E-state index contributed by atoms with van der Waals surface area (Å²) in [4.78, 5) is 14.4. The molecule has 1 fully saturated rings. The number of benzene rings is 1. The van der Waals surface area contributed by atoms with Crippen LogP contribution in [0.3, 0.4) is 0 Å². The Morgan fingerprint density at radius 2 is 1.95 bits per heavy atom. The van der Waals surface area contributed by atoms with Crippen molar-refractivity contribution in [3.05, 3.63) is 28.8 Å². The molecule has 2 unspecified atom stereocenters. The Labute approximate surface area is 127 Å². The summed E-state index contributed by atoms with van der Waals surface area (Å²) in [6.07, 6.45) is 1.07. The van der Waals surface area contributed by atoms with Crippen LogP contribution >= 0.6 is 0 Å². The van der Waals surface area contributed by atoms with Crippen molar-refractivity contribution >= 4 is 11.6 Å². The van der Waals surface area contributed by atoms with Crippen molar-refractivity contribution in [3.8, 4) is 0 Å². The van der Waals surface area contributed by atoms with Crippen LogP contribution in [0, 0.1) is 26.7 Å². The molecule has 1 aliphatic heterocycles. The number of nitrogens with two attached hydrogens (primary N) is 1. The van der Waals surface area contributed by atoms with Crippen LogP contribution in [0.15, 0.2) is 12.1 Å². The first kappa shape index (κ1) is 16.0. The van der Waals surface area contributed by atoms with Gasteiger partial charge in [-0.3, -0.25) is 9.69 Å². The number of piperidine rings is 1. The molecule has 116 valence electrons. The van der Waals surface area contributed by atoms with Crippen LogP contribution in [0.1, 0.15) is 30.0 Å². The number of carbonyl (C=O) groups is 1. The van der Waals surface area contributed by atoms with Gasteiger partial charge < -0.3 is 11.1 Å². The van der Waals surface area contributed by atoms with E-state index in [1.54, 1.807) is 0 Å². The summed E-state index contributed by atoms with van der Waals surface area (Å²) in [6, 6.07) is 4.37. The van der Waals surface area contributed by atoms with Gasteiger partial charge in [-0.25, -0.2) is 0 Å². The Bertz CT molecular complexity index is 504. The molecule has 0 bridgehead atoms. The highest BCUT2D eigenvalue weighted by Gasteiger charge is 2.24. The van der Waals surface area contributed by atoms with Crippen LogP contribution in [0.5, 0.6) is 0 Å². The van der Waals surface area contributed by atoms with Gasteiger partial charge in [0.1, 0.15) is 0 Å². The summed E-state index contributed by atoms with van der Waals surface area (Å²) in [5.41, 5.74) is 10.5. The molecule has 1 heterocycles. The van der Waals surface area contributed by atoms with Gasteiger partial charge in [0.25, 0.3) is 0 Å². The summed E-state index contributed by atoms with van der Waals surface area (Å²) >= 11 is 0. The fraction of sp³-hybridized carbons (Fsp3) is 0.588. The minimum Gasteiger partial charge on any atom is -0.326 e. The first-order valence-electron chi connectivity index (χ1n) is 7.72. The number of hydrogen-bond donors (Lipinski definition) is 2. The zero-order valence-electron chi connectivity index (χ0n) is 13.6. The van der Waals surface area contributed by atoms with E-state index in [1.165, 1.54) is 5.56 Å². The second-order valence-electron chi connectivity index (χ2n) is 6.49. The van der Waals surface area contributed by atoms with E-state index >= 15 is 0 Å². The van der Waals surface area contributed by atoms with Crippen molar-refractivity contribution in [3.63, 3.8) is 0 Å².